The fourth-order valence-electron chi connectivity index (χ4n) is 6.38. The lowest BCUT2D eigenvalue weighted by molar-refractivity contribution is -0.144. The van der Waals surface area contributed by atoms with Crippen LogP contribution in [0.3, 0.4) is 0 Å². The lowest BCUT2D eigenvalue weighted by Gasteiger charge is -2.34. The summed E-state index contributed by atoms with van der Waals surface area (Å²) in [6, 6.07) is 4.00. The molecule has 2 bridgehead atoms. The van der Waals surface area contributed by atoms with Crippen LogP contribution in [0.25, 0.3) is 0 Å². The molecule has 1 aliphatic carbocycles. The molecular weight excluding hydrogens is 505 g/mol. The molecule has 10 heteroatoms. The average molecular weight is 536 g/mol. The molecule has 1 spiro atoms. The largest absolute Gasteiger partial charge is 0.383 e. The number of nitrogens with zero attached hydrogens (tertiary/aromatic N) is 1. The summed E-state index contributed by atoms with van der Waals surface area (Å²) in [5.74, 6) is -2.57. The minimum Gasteiger partial charge on any atom is -0.383 e. The van der Waals surface area contributed by atoms with Gasteiger partial charge in [0.05, 0.1) is 34.1 Å². The number of amides is 3. The van der Waals surface area contributed by atoms with Crippen LogP contribution in [0.15, 0.2) is 30.4 Å². The summed E-state index contributed by atoms with van der Waals surface area (Å²) < 4.78 is 11.7. The predicted octanol–water partition coefficient (Wildman–Crippen LogP) is 3.57. The van der Waals surface area contributed by atoms with E-state index >= 15 is 0 Å². The van der Waals surface area contributed by atoms with E-state index in [-0.39, 0.29) is 36.9 Å². The van der Waals surface area contributed by atoms with Crippen LogP contribution in [0.1, 0.15) is 39.0 Å². The highest BCUT2D eigenvalue weighted by Gasteiger charge is 2.76. The van der Waals surface area contributed by atoms with Gasteiger partial charge in [-0.15, -0.1) is 0 Å². The maximum atomic E-state index is 13.9. The van der Waals surface area contributed by atoms with Crippen LogP contribution >= 0.6 is 23.2 Å². The number of benzene rings is 1. The summed E-state index contributed by atoms with van der Waals surface area (Å²) in [6.07, 6.45) is 8.78. The number of halogens is 2. The van der Waals surface area contributed by atoms with Gasteiger partial charge in [-0.25, -0.2) is 0 Å². The molecule has 1 aromatic carbocycles. The molecule has 2 N–H and O–H groups in total. The molecule has 0 radical (unpaired) electrons. The summed E-state index contributed by atoms with van der Waals surface area (Å²) in [4.78, 5) is 42.7. The summed E-state index contributed by atoms with van der Waals surface area (Å²) in [5.41, 5.74) is -1.79. The first kappa shape index (κ1) is 25.5. The van der Waals surface area contributed by atoms with E-state index in [2.05, 4.69) is 10.6 Å². The Bertz CT molecular complexity index is 1110. The van der Waals surface area contributed by atoms with Gasteiger partial charge >= 0.3 is 0 Å². The first-order valence-corrected chi connectivity index (χ1v) is 13.2. The molecule has 3 fully saturated rings. The van der Waals surface area contributed by atoms with Crippen molar-refractivity contribution in [3.63, 3.8) is 0 Å². The zero-order chi connectivity index (χ0) is 25.7. The van der Waals surface area contributed by atoms with Gasteiger partial charge in [0.25, 0.3) is 0 Å². The molecule has 3 unspecified atom stereocenters. The van der Waals surface area contributed by atoms with E-state index in [0.29, 0.717) is 15.7 Å². The molecule has 8 nitrogen and oxygen atoms in total. The summed E-state index contributed by atoms with van der Waals surface area (Å²) in [6.45, 7) is 2.28. The van der Waals surface area contributed by atoms with Crippen LogP contribution in [-0.4, -0.2) is 66.2 Å². The normalized spacial score (nSPS) is 33.2. The van der Waals surface area contributed by atoms with Crippen LogP contribution in [0.5, 0.6) is 0 Å². The zero-order valence-corrected chi connectivity index (χ0v) is 21.9. The van der Waals surface area contributed by atoms with E-state index in [0.717, 1.165) is 25.7 Å². The van der Waals surface area contributed by atoms with Crippen LogP contribution in [0.4, 0.5) is 5.69 Å². The quantitative estimate of drug-likeness (QED) is 0.520. The van der Waals surface area contributed by atoms with Crippen molar-refractivity contribution in [3.8, 4) is 0 Å². The Labute approximate surface area is 220 Å². The molecule has 4 aliphatic rings. The lowest BCUT2D eigenvalue weighted by Crippen LogP contribution is -2.57. The molecule has 3 heterocycles. The summed E-state index contributed by atoms with van der Waals surface area (Å²) >= 11 is 12.1. The number of nitrogens with one attached hydrogen (secondary N) is 2. The van der Waals surface area contributed by atoms with Gasteiger partial charge < -0.3 is 25.0 Å². The third kappa shape index (κ3) is 4.12. The summed E-state index contributed by atoms with van der Waals surface area (Å²) in [7, 11) is 1.55. The van der Waals surface area contributed by atoms with Crippen molar-refractivity contribution in [1.29, 1.82) is 0 Å². The van der Waals surface area contributed by atoms with Crippen molar-refractivity contribution in [2.45, 2.75) is 62.3 Å². The number of hydrogen-bond donors (Lipinski definition) is 2. The van der Waals surface area contributed by atoms with Crippen molar-refractivity contribution in [2.75, 3.05) is 25.6 Å². The Hall–Kier alpha value is -2.13. The molecule has 1 saturated carbocycles. The van der Waals surface area contributed by atoms with Crippen molar-refractivity contribution in [3.05, 3.63) is 40.4 Å². The first-order valence-electron chi connectivity index (χ1n) is 12.5. The molecule has 194 valence electrons. The van der Waals surface area contributed by atoms with Gasteiger partial charge in [-0.2, -0.15) is 0 Å². The molecule has 36 heavy (non-hydrogen) atoms. The number of methoxy groups -OCH3 is 1. The minimum atomic E-state index is -1.22. The average Bonchev–Trinajstić information content (AvgIpc) is 3.41. The Kier molecular flexibility index (Phi) is 6.83. The molecule has 5 atom stereocenters. The number of ether oxygens (including phenoxy) is 2. The Balaban J connectivity index is 1.46. The van der Waals surface area contributed by atoms with Crippen molar-refractivity contribution < 1.29 is 23.9 Å². The van der Waals surface area contributed by atoms with Crippen molar-refractivity contribution >= 4 is 46.6 Å². The van der Waals surface area contributed by atoms with Crippen LogP contribution < -0.4 is 10.6 Å². The van der Waals surface area contributed by atoms with Crippen LogP contribution in [0.2, 0.25) is 10.0 Å². The number of likely N-dealkylation sites (tertiary alicyclic amines) is 1. The highest BCUT2D eigenvalue weighted by molar-refractivity contribution is 6.42. The monoisotopic (exact) mass is 535 g/mol. The maximum absolute atomic E-state index is 13.9. The van der Waals surface area contributed by atoms with E-state index in [1.807, 2.05) is 12.2 Å². The molecule has 3 amide bonds. The molecule has 3 aliphatic heterocycles. The highest BCUT2D eigenvalue weighted by Crippen LogP contribution is 2.59. The van der Waals surface area contributed by atoms with Gasteiger partial charge in [0.1, 0.15) is 11.6 Å². The smallest absolute Gasteiger partial charge is 0.246 e. The molecular formula is C26H31Cl2N3O5. The standard InChI is InChI=1S/C26H31Cl2N3O5/c1-25-10-11-26(36-25)20(19(25)22(32)30-16-8-9-17(27)18(28)14-16)24(34)31(12-13-35-2)21(26)23(33)29-15-6-4-3-5-7-15/h8-11,14-15,19-21H,3-7,12-13H2,1-2H3,(H,29,33)(H,30,32)/t19?,20-,21?,25-,26?/m1/s1. The van der Waals surface area contributed by atoms with E-state index in [1.54, 1.807) is 32.2 Å². The topological polar surface area (TPSA) is 97.0 Å². The number of fused-ring (bicyclic) bond motifs is 1. The number of rotatable bonds is 7. The Morgan fingerprint density at radius 2 is 1.89 bits per heavy atom. The van der Waals surface area contributed by atoms with Crippen LogP contribution in [0, 0.1) is 11.8 Å². The molecule has 5 rings (SSSR count). The SMILES string of the molecule is COCCN1C(=O)[C@H]2C(C(=O)Nc3ccc(Cl)c(Cl)c3)[C@@]3(C)C=CC2(O3)C1C(=O)NC1CCCCC1. The van der Waals surface area contributed by atoms with Gasteiger partial charge in [-0.3, -0.25) is 14.4 Å². The third-order valence-electron chi connectivity index (χ3n) is 8.00. The fourth-order valence-corrected chi connectivity index (χ4v) is 6.68. The molecule has 2 saturated heterocycles. The summed E-state index contributed by atoms with van der Waals surface area (Å²) in [5, 5.41) is 6.72. The number of carbonyl (C=O) groups is 3. The number of anilines is 1. The zero-order valence-electron chi connectivity index (χ0n) is 20.4. The second-order valence-electron chi connectivity index (χ2n) is 10.3. The lowest BCUT2D eigenvalue weighted by atomic mass is 9.70. The highest BCUT2D eigenvalue weighted by atomic mass is 35.5. The third-order valence-corrected chi connectivity index (χ3v) is 8.74. The molecule has 1 aromatic rings. The van der Waals surface area contributed by atoms with Crippen molar-refractivity contribution in [2.24, 2.45) is 11.8 Å². The van der Waals surface area contributed by atoms with E-state index in [4.69, 9.17) is 32.7 Å². The van der Waals surface area contributed by atoms with E-state index < -0.39 is 29.1 Å². The molecule has 0 aromatic heterocycles. The second kappa shape index (κ2) is 9.63. The second-order valence-corrected chi connectivity index (χ2v) is 11.1. The van der Waals surface area contributed by atoms with Gasteiger partial charge in [-0.1, -0.05) is 54.6 Å². The van der Waals surface area contributed by atoms with Crippen molar-refractivity contribution in [1.82, 2.24) is 10.2 Å². The first-order chi connectivity index (χ1) is 17.2. The van der Waals surface area contributed by atoms with Gasteiger partial charge in [-0.05, 0) is 38.0 Å². The van der Waals surface area contributed by atoms with Gasteiger partial charge in [0.15, 0.2) is 0 Å². The van der Waals surface area contributed by atoms with Gasteiger partial charge in [0, 0.05) is 25.4 Å². The van der Waals surface area contributed by atoms with E-state index in [9.17, 15) is 14.4 Å². The van der Waals surface area contributed by atoms with Crippen LogP contribution in [-0.2, 0) is 23.9 Å². The number of carbonyl (C=O) groups excluding carboxylic acids is 3. The Morgan fingerprint density at radius 3 is 2.58 bits per heavy atom. The Morgan fingerprint density at radius 1 is 1.14 bits per heavy atom. The predicted molar refractivity (Wildman–Crippen MR) is 136 cm³/mol. The maximum Gasteiger partial charge on any atom is 0.246 e. The fraction of sp³-hybridized carbons (Fsp3) is 0.577. The minimum absolute atomic E-state index is 0.0768. The van der Waals surface area contributed by atoms with Gasteiger partial charge in [0.2, 0.25) is 17.7 Å². The van der Waals surface area contributed by atoms with E-state index in [1.165, 1.54) is 11.3 Å². The number of hydrogen-bond acceptors (Lipinski definition) is 5.